The molecule has 0 aliphatic heterocycles. The van der Waals surface area contributed by atoms with E-state index in [-0.39, 0.29) is 0 Å². The van der Waals surface area contributed by atoms with Gasteiger partial charge in [0, 0.05) is 3.58 Å². The zero-order chi connectivity index (χ0) is 7.11. The van der Waals surface area contributed by atoms with Crippen molar-refractivity contribution in [1.29, 1.82) is 0 Å². The van der Waals surface area contributed by atoms with Crippen molar-refractivity contribution in [2.24, 2.45) is 0 Å². The molecule has 0 nitrogen and oxygen atoms in total. The first-order valence-corrected chi connectivity index (χ1v) is 3.73. The van der Waals surface area contributed by atoms with Crippen molar-refractivity contribution in [2.45, 2.75) is 6.92 Å². The minimum Gasteiger partial charge on any atom is -0.129 e. The molecule has 0 bridgehead atoms. The van der Waals surface area contributed by atoms with Crippen molar-refractivity contribution in [2.75, 3.05) is 0 Å². The molecule has 0 N–H and O–H groups in total. The maximum atomic E-state index is 3.43. The molecule has 0 aliphatic carbocycles. The summed E-state index contributed by atoms with van der Waals surface area (Å²) in [6.45, 7) is 5.43. The molecule has 0 aliphatic rings. The molecule has 0 spiro atoms. The van der Waals surface area contributed by atoms with E-state index in [0.717, 1.165) is 0 Å². The van der Waals surface area contributed by atoms with E-state index in [1.807, 2.05) is 25.2 Å². The molecule has 0 heterocycles. The second-order valence-corrected chi connectivity index (χ2v) is 2.65. The molecule has 0 saturated carbocycles. The van der Waals surface area contributed by atoms with Gasteiger partial charge in [-0.1, -0.05) is 18.7 Å². The topological polar surface area (TPSA) is 0 Å². The van der Waals surface area contributed by atoms with Gasteiger partial charge >= 0.3 is 0 Å². The molecular weight excluding hydrogens is 223 g/mol. The second kappa shape index (κ2) is 5.86. The number of hydrogen-bond acceptors (Lipinski definition) is 0. The van der Waals surface area contributed by atoms with Crippen LogP contribution in [0.4, 0.5) is 0 Å². The average Bonchev–Trinajstić information content (AvgIpc) is 1.89. The van der Waals surface area contributed by atoms with Gasteiger partial charge in [0.25, 0.3) is 0 Å². The van der Waals surface area contributed by atoms with Crippen molar-refractivity contribution in [1.82, 2.24) is 0 Å². The van der Waals surface area contributed by atoms with Crippen molar-refractivity contribution in [3.05, 3.63) is 40.2 Å². The molecule has 0 fully saturated rings. The van der Waals surface area contributed by atoms with E-state index in [2.05, 4.69) is 34.9 Å². The van der Waals surface area contributed by atoms with Gasteiger partial charge in [0.2, 0.25) is 0 Å². The third-order valence-corrected chi connectivity index (χ3v) is 1.73. The molecule has 48 valence electrons. The number of halogens is 1. The van der Waals surface area contributed by atoms with Crippen LogP contribution in [0.3, 0.4) is 0 Å². The lowest BCUT2D eigenvalue weighted by Gasteiger charge is -1.79. The summed E-state index contributed by atoms with van der Waals surface area (Å²) in [6, 6.07) is 0. The molecule has 0 aromatic rings. The lowest BCUT2D eigenvalue weighted by Crippen LogP contribution is -1.55. The summed E-state index contributed by atoms with van der Waals surface area (Å²) in [7, 11) is 0. The van der Waals surface area contributed by atoms with Crippen molar-refractivity contribution in [3.63, 3.8) is 0 Å². The molecule has 0 rings (SSSR count). The van der Waals surface area contributed by atoms with Crippen LogP contribution in [0.15, 0.2) is 40.2 Å². The summed E-state index contributed by atoms with van der Waals surface area (Å²) >= 11 is 2.25. The largest absolute Gasteiger partial charge is 0.129 e. The first kappa shape index (κ1) is 8.73. The van der Waals surface area contributed by atoms with E-state index in [9.17, 15) is 0 Å². The van der Waals surface area contributed by atoms with Crippen LogP contribution in [-0.4, -0.2) is 0 Å². The minimum atomic E-state index is 1.22. The highest BCUT2D eigenvalue weighted by Crippen LogP contribution is 2.05. The van der Waals surface area contributed by atoms with Gasteiger partial charge in [0.15, 0.2) is 0 Å². The highest BCUT2D eigenvalue weighted by atomic mass is 127. The molecule has 0 amide bonds. The van der Waals surface area contributed by atoms with E-state index in [4.69, 9.17) is 0 Å². The fourth-order valence-corrected chi connectivity index (χ4v) is 0.512. The van der Waals surface area contributed by atoms with Gasteiger partial charge in [-0.3, -0.25) is 0 Å². The zero-order valence-corrected chi connectivity index (χ0v) is 7.55. The van der Waals surface area contributed by atoms with Gasteiger partial charge in [-0.05, 0) is 41.7 Å². The van der Waals surface area contributed by atoms with Crippen LogP contribution in [0.25, 0.3) is 0 Å². The Bertz CT molecular complexity index is 169. The Kier molecular flexibility index (Phi) is 5.68. The molecule has 0 atom stereocenters. The Morgan fingerprint density at radius 1 is 1.67 bits per heavy atom. The van der Waals surface area contributed by atoms with Gasteiger partial charge in [0.1, 0.15) is 0 Å². The van der Waals surface area contributed by atoms with E-state index >= 15 is 0 Å². The maximum absolute atomic E-state index is 3.43. The summed E-state index contributed by atoms with van der Waals surface area (Å²) in [5, 5.41) is 0. The Balaban J connectivity index is 3.85. The van der Waals surface area contributed by atoms with Gasteiger partial charge in [-0.15, -0.1) is 5.73 Å². The van der Waals surface area contributed by atoms with E-state index in [1.54, 1.807) is 6.08 Å². The quantitative estimate of drug-likeness (QED) is 0.389. The van der Waals surface area contributed by atoms with Gasteiger partial charge in [-0.2, -0.15) is 0 Å². The lowest BCUT2D eigenvalue weighted by atomic mass is 10.4. The van der Waals surface area contributed by atoms with Crippen LogP contribution in [0.5, 0.6) is 0 Å². The summed E-state index contributed by atoms with van der Waals surface area (Å²) in [5.41, 5.74) is 2.65. The van der Waals surface area contributed by atoms with Crippen LogP contribution in [0, 0.1) is 0 Å². The lowest BCUT2D eigenvalue weighted by molar-refractivity contribution is 1.72. The third-order valence-electron chi connectivity index (χ3n) is 0.745. The predicted molar refractivity (Wildman–Crippen MR) is 50.6 cm³/mol. The normalized spacial score (nSPS) is 11.6. The standard InChI is InChI=1S/C8H9I/c1-3-5-6-7-8(9)4-2/h4-7H,1H2,2H3/b7-6-,8-4+. The zero-order valence-electron chi connectivity index (χ0n) is 5.39. The first-order valence-electron chi connectivity index (χ1n) is 2.65. The summed E-state index contributed by atoms with van der Waals surface area (Å²) in [4.78, 5) is 0. The fourth-order valence-electron chi connectivity index (χ4n) is 0.304. The Hall–Kier alpha value is -0.270. The molecule has 0 radical (unpaired) electrons. The monoisotopic (exact) mass is 232 g/mol. The average molecular weight is 232 g/mol. The van der Waals surface area contributed by atoms with E-state index in [0.29, 0.717) is 0 Å². The van der Waals surface area contributed by atoms with Crippen LogP contribution in [-0.2, 0) is 0 Å². The number of rotatable bonds is 2. The number of hydrogen-bond donors (Lipinski definition) is 0. The Morgan fingerprint density at radius 3 is 2.78 bits per heavy atom. The van der Waals surface area contributed by atoms with Crippen LogP contribution in [0.2, 0.25) is 0 Å². The molecule has 0 aromatic carbocycles. The highest BCUT2D eigenvalue weighted by Gasteiger charge is 1.74. The molecule has 0 unspecified atom stereocenters. The molecular formula is C8H9I. The van der Waals surface area contributed by atoms with Crippen LogP contribution < -0.4 is 0 Å². The summed E-state index contributed by atoms with van der Waals surface area (Å²) in [6.07, 6.45) is 7.73. The van der Waals surface area contributed by atoms with Gasteiger partial charge in [-0.25, -0.2) is 0 Å². The minimum absolute atomic E-state index is 1.22. The fraction of sp³-hybridized carbons (Fsp3) is 0.125. The van der Waals surface area contributed by atoms with Crippen LogP contribution >= 0.6 is 22.6 Å². The number of allylic oxidation sites excluding steroid dienone is 5. The van der Waals surface area contributed by atoms with Crippen molar-refractivity contribution in [3.8, 4) is 0 Å². The van der Waals surface area contributed by atoms with Gasteiger partial charge in [0.05, 0.1) is 0 Å². The third kappa shape index (κ3) is 5.60. The molecule has 1 heteroatoms. The maximum Gasteiger partial charge on any atom is 0.00874 e. The Morgan fingerprint density at radius 2 is 2.33 bits per heavy atom. The molecule has 0 aromatic heterocycles. The summed E-state index contributed by atoms with van der Waals surface area (Å²) in [5.74, 6) is 0. The van der Waals surface area contributed by atoms with Crippen molar-refractivity contribution >= 4 is 22.6 Å². The highest BCUT2D eigenvalue weighted by molar-refractivity contribution is 14.1. The van der Waals surface area contributed by atoms with E-state index in [1.165, 1.54) is 3.58 Å². The van der Waals surface area contributed by atoms with E-state index < -0.39 is 0 Å². The van der Waals surface area contributed by atoms with Crippen LogP contribution in [0.1, 0.15) is 6.92 Å². The molecule has 0 saturated heterocycles. The Labute approximate surface area is 69.8 Å². The first-order chi connectivity index (χ1) is 4.31. The predicted octanol–water partition coefficient (Wildman–Crippen LogP) is 3.22. The second-order valence-electron chi connectivity index (χ2n) is 1.40. The van der Waals surface area contributed by atoms with Crippen molar-refractivity contribution < 1.29 is 0 Å². The smallest absolute Gasteiger partial charge is 0.00874 e. The summed E-state index contributed by atoms with van der Waals surface area (Å²) < 4.78 is 1.22. The van der Waals surface area contributed by atoms with Gasteiger partial charge < -0.3 is 0 Å². The SMILES string of the molecule is C=C=C/C=C\C(I)=C/C. The molecule has 9 heavy (non-hydrogen) atoms.